The predicted octanol–water partition coefficient (Wildman–Crippen LogP) is 6.03. The highest BCUT2D eigenvalue weighted by atomic mass is 19.1. The topological polar surface area (TPSA) is 47.6 Å². The SMILES string of the molecule is CCOc1ccc(C(=O)NCc2ccc(F)cc2)cc1COc1ccccc1C(C)(C)C. The molecule has 0 saturated carbocycles. The molecule has 0 saturated heterocycles. The molecule has 168 valence electrons. The average molecular weight is 436 g/mol. The largest absolute Gasteiger partial charge is 0.493 e. The van der Waals surface area contributed by atoms with Gasteiger partial charge in [0.15, 0.2) is 0 Å². The van der Waals surface area contributed by atoms with Crippen LogP contribution in [-0.4, -0.2) is 12.5 Å². The van der Waals surface area contributed by atoms with Crippen molar-refractivity contribution in [2.75, 3.05) is 6.61 Å². The second-order valence-electron chi connectivity index (χ2n) is 8.60. The maximum absolute atomic E-state index is 13.1. The van der Waals surface area contributed by atoms with Gasteiger partial charge in [0.2, 0.25) is 0 Å². The zero-order valence-electron chi connectivity index (χ0n) is 19.1. The van der Waals surface area contributed by atoms with Gasteiger partial charge in [0.25, 0.3) is 5.91 Å². The number of nitrogens with one attached hydrogen (secondary N) is 1. The molecular formula is C27H30FNO3. The van der Waals surface area contributed by atoms with E-state index in [1.54, 1.807) is 30.3 Å². The van der Waals surface area contributed by atoms with Crippen molar-refractivity contribution in [3.05, 3.63) is 94.8 Å². The first kappa shape index (κ1) is 23.3. The minimum atomic E-state index is -0.302. The van der Waals surface area contributed by atoms with E-state index in [2.05, 4.69) is 32.2 Å². The Morgan fingerprint density at radius 2 is 1.66 bits per heavy atom. The van der Waals surface area contributed by atoms with Gasteiger partial charge in [-0.3, -0.25) is 4.79 Å². The van der Waals surface area contributed by atoms with Gasteiger partial charge >= 0.3 is 0 Å². The van der Waals surface area contributed by atoms with Gasteiger partial charge in [0.05, 0.1) is 6.61 Å². The van der Waals surface area contributed by atoms with Gasteiger partial charge in [-0.25, -0.2) is 4.39 Å². The molecule has 0 unspecified atom stereocenters. The van der Waals surface area contributed by atoms with Crippen LogP contribution in [0.3, 0.4) is 0 Å². The summed E-state index contributed by atoms with van der Waals surface area (Å²) in [6, 6.07) is 19.4. The molecule has 3 aromatic rings. The lowest BCUT2D eigenvalue weighted by atomic mass is 9.86. The highest BCUT2D eigenvalue weighted by molar-refractivity contribution is 5.94. The van der Waals surface area contributed by atoms with Gasteiger partial charge < -0.3 is 14.8 Å². The Kier molecular flexibility index (Phi) is 7.52. The van der Waals surface area contributed by atoms with Crippen molar-refractivity contribution in [3.63, 3.8) is 0 Å². The monoisotopic (exact) mass is 435 g/mol. The van der Waals surface area contributed by atoms with Crippen molar-refractivity contribution in [1.29, 1.82) is 0 Å². The third-order valence-corrected chi connectivity index (χ3v) is 5.07. The summed E-state index contributed by atoms with van der Waals surface area (Å²) in [6.07, 6.45) is 0. The quantitative estimate of drug-likeness (QED) is 0.470. The number of halogens is 1. The summed E-state index contributed by atoms with van der Waals surface area (Å²) in [5.74, 6) is 0.988. The molecule has 0 fully saturated rings. The first-order valence-corrected chi connectivity index (χ1v) is 10.8. The summed E-state index contributed by atoms with van der Waals surface area (Å²) < 4.78 is 25.0. The van der Waals surface area contributed by atoms with E-state index < -0.39 is 0 Å². The van der Waals surface area contributed by atoms with E-state index >= 15 is 0 Å². The van der Waals surface area contributed by atoms with E-state index in [4.69, 9.17) is 9.47 Å². The van der Waals surface area contributed by atoms with Crippen molar-refractivity contribution in [3.8, 4) is 11.5 Å². The van der Waals surface area contributed by atoms with E-state index in [0.717, 1.165) is 22.4 Å². The van der Waals surface area contributed by atoms with E-state index in [9.17, 15) is 9.18 Å². The van der Waals surface area contributed by atoms with Gasteiger partial charge in [0, 0.05) is 17.7 Å². The van der Waals surface area contributed by atoms with Gasteiger partial charge in [-0.15, -0.1) is 0 Å². The average Bonchev–Trinajstić information content (AvgIpc) is 2.77. The van der Waals surface area contributed by atoms with Crippen LogP contribution in [0.2, 0.25) is 0 Å². The second-order valence-corrected chi connectivity index (χ2v) is 8.60. The third-order valence-electron chi connectivity index (χ3n) is 5.07. The maximum Gasteiger partial charge on any atom is 0.251 e. The van der Waals surface area contributed by atoms with Crippen LogP contribution in [0.15, 0.2) is 66.7 Å². The molecular weight excluding hydrogens is 405 g/mol. The highest BCUT2D eigenvalue weighted by Crippen LogP contribution is 2.32. The predicted molar refractivity (Wildman–Crippen MR) is 125 cm³/mol. The van der Waals surface area contributed by atoms with E-state index in [0.29, 0.717) is 24.5 Å². The highest BCUT2D eigenvalue weighted by Gasteiger charge is 2.19. The molecule has 0 aliphatic heterocycles. The van der Waals surface area contributed by atoms with Crippen LogP contribution < -0.4 is 14.8 Å². The number of ether oxygens (including phenoxy) is 2. The summed E-state index contributed by atoms with van der Waals surface area (Å²) in [6.45, 7) is 9.47. The molecule has 0 atom stereocenters. The van der Waals surface area contributed by atoms with Crippen LogP contribution in [0.1, 0.15) is 54.7 Å². The normalized spacial score (nSPS) is 11.2. The van der Waals surface area contributed by atoms with Crippen LogP contribution in [0, 0.1) is 5.82 Å². The molecule has 3 aromatic carbocycles. The summed E-state index contributed by atoms with van der Waals surface area (Å²) in [7, 11) is 0. The Labute approximate surface area is 189 Å². The standard InChI is InChI=1S/C27H30FNO3/c1-5-31-24-15-12-20(26(30)29-17-19-10-13-22(28)14-11-19)16-21(24)18-32-25-9-7-6-8-23(25)27(2,3)4/h6-16H,5,17-18H2,1-4H3,(H,29,30). The van der Waals surface area contributed by atoms with Gasteiger partial charge in [-0.1, -0.05) is 51.1 Å². The number of para-hydroxylation sites is 1. The molecule has 0 bridgehead atoms. The van der Waals surface area contributed by atoms with Gasteiger partial charge in [-0.2, -0.15) is 0 Å². The van der Waals surface area contributed by atoms with Crippen molar-refractivity contribution >= 4 is 5.91 Å². The summed E-state index contributed by atoms with van der Waals surface area (Å²) in [5.41, 5.74) is 3.20. The zero-order valence-corrected chi connectivity index (χ0v) is 19.1. The lowest BCUT2D eigenvalue weighted by Crippen LogP contribution is -2.23. The Morgan fingerprint density at radius 1 is 0.938 bits per heavy atom. The smallest absolute Gasteiger partial charge is 0.251 e. The number of hydrogen-bond donors (Lipinski definition) is 1. The van der Waals surface area contributed by atoms with Crippen molar-refractivity contribution in [2.45, 2.75) is 46.3 Å². The molecule has 0 spiro atoms. The Balaban J connectivity index is 1.76. The fraction of sp³-hybridized carbons (Fsp3) is 0.296. The molecule has 32 heavy (non-hydrogen) atoms. The molecule has 1 amide bonds. The molecule has 4 nitrogen and oxygen atoms in total. The van der Waals surface area contributed by atoms with Gasteiger partial charge in [0.1, 0.15) is 23.9 Å². The van der Waals surface area contributed by atoms with Crippen molar-refractivity contribution in [2.24, 2.45) is 0 Å². The van der Waals surface area contributed by atoms with Crippen LogP contribution in [0.5, 0.6) is 11.5 Å². The Bertz CT molecular complexity index is 1060. The minimum Gasteiger partial charge on any atom is -0.493 e. The summed E-state index contributed by atoms with van der Waals surface area (Å²) in [5, 5.41) is 2.87. The molecule has 5 heteroatoms. The first-order chi connectivity index (χ1) is 15.3. The Morgan fingerprint density at radius 3 is 2.34 bits per heavy atom. The van der Waals surface area contributed by atoms with E-state index in [1.165, 1.54) is 12.1 Å². The van der Waals surface area contributed by atoms with E-state index in [-0.39, 0.29) is 23.7 Å². The lowest BCUT2D eigenvalue weighted by Gasteiger charge is -2.23. The van der Waals surface area contributed by atoms with E-state index in [1.807, 2.05) is 25.1 Å². The minimum absolute atomic E-state index is 0.0541. The molecule has 0 heterocycles. The summed E-state index contributed by atoms with van der Waals surface area (Å²) in [4.78, 5) is 12.7. The van der Waals surface area contributed by atoms with Crippen LogP contribution in [-0.2, 0) is 18.6 Å². The zero-order chi connectivity index (χ0) is 23.1. The van der Waals surface area contributed by atoms with Crippen molar-refractivity contribution in [1.82, 2.24) is 5.32 Å². The molecule has 0 aliphatic rings. The van der Waals surface area contributed by atoms with Crippen LogP contribution in [0.25, 0.3) is 0 Å². The number of rotatable bonds is 8. The number of hydrogen-bond acceptors (Lipinski definition) is 3. The number of carbonyl (C=O) groups is 1. The number of amides is 1. The number of benzene rings is 3. The van der Waals surface area contributed by atoms with Crippen LogP contribution in [0.4, 0.5) is 4.39 Å². The second kappa shape index (κ2) is 10.3. The lowest BCUT2D eigenvalue weighted by molar-refractivity contribution is 0.0950. The molecule has 0 aromatic heterocycles. The van der Waals surface area contributed by atoms with Crippen molar-refractivity contribution < 1.29 is 18.7 Å². The number of carbonyl (C=O) groups excluding carboxylic acids is 1. The molecule has 0 radical (unpaired) electrons. The maximum atomic E-state index is 13.1. The van der Waals surface area contributed by atoms with Crippen LogP contribution >= 0.6 is 0 Å². The third kappa shape index (κ3) is 6.10. The fourth-order valence-corrected chi connectivity index (χ4v) is 3.38. The van der Waals surface area contributed by atoms with Gasteiger partial charge in [-0.05, 0) is 59.9 Å². The summed E-state index contributed by atoms with van der Waals surface area (Å²) >= 11 is 0. The molecule has 3 rings (SSSR count). The fourth-order valence-electron chi connectivity index (χ4n) is 3.38. The molecule has 1 N–H and O–H groups in total. The Hall–Kier alpha value is -3.34. The molecule has 0 aliphatic carbocycles. The first-order valence-electron chi connectivity index (χ1n) is 10.8.